The number of nitrogens with zero attached hydrogens (tertiary/aromatic N) is 1. The second-order valence-electron chi connectivity index (χ2n) is 7.00. The van der Waals surface area contributed by atoms with E-state index in [4.69, 9.17) is 6.42 Å². The second kappa shape index (κ2) is 8.24. The molecule has 0 spiro atoms. The Morgan fingerprint density at radius 2 is 1.77 bits per heavy atom. The van der Waals surface area contributed by atoms with Crippen molar-refractivity contribution in [1.82, 2.24) is 9.62 Å². The van der Waals surface area contributed by atoms with Gasteiger partial charge in [0.05, 0.1) is 4.90 Å². The van der Waals surface area contributed by atoms with Crippen LogP contribution in [-0.2, 0) is 10.0 Å². The minimum Gasteiger partial charge on any atom is -0.336 e. The molecule has 1 aromatic rings. The van der Waals surface area contributed by atoms with Gasteiger partial charge in [0, 0.05) is 18.7 Å². The van der Waals surface area contributed by atoms with Crippen molar-refractivity contribution in [2.24, 2.45) is 5.92 Å². The van der Waals surface area contributed by atoms with Crippen molar-refractivity contribution in [3.63, 3.8) is 0 Å². The molecule has 0 unspecified atom stereocenters. The summed E-state index contributed by atoms with van der Waals surface area (Å²) < 4.78 is 27.0. The van der Waals surface area contributed by atoms with Gasteiger partial charge >= 0.3 is 0 Å². The van der Waals surface area contributed by atoms with Gasteiger partial charge in [0.15, 0.2) is 0 Å². The van der Waals surface area contributed by atoms with Crippen LogP contribution in [-0.4, -0.2) is 37.3 Å². The van der Waals surface area contributed by atoms with Gasteiger partial charge in [-0.1, -0.05) is 26.7 Å². The lowest BCUT2D eigenvalue weighted by Gasteiger charge is -2.29. The van der Waals surface area contributed by atoms with E-state index in [1.807, 2.05) is 13.8 Å². The molecule has 0 bridgehead atoms. The summed E-state index contributed by atoms with van der Waals surface area (Å²) in [6.45, 7) is 7.09. The number of rotatable bonds is 6. The van der Waals surface area contributed by atoms with Gasteiger partial charge in [-0.15, -0.1) is 6.42 Å². The van der Waals surface area contributed by atoms with Crippen molar-refractivity contribution in [1.29, 1.82) is 0 Å². The fourth-order valence-electron chi connectivity index (χ4n) is 3.11. The van der Waals surface area contributed by atoms with E-state index in [-0.39, 0.29) is 10.8 Å². The van der Waals surface area contributed by atoms with Crippen LogP contribution in [0.2, 0.25) is 0 Å². The topological polar surface area (TPSA) is 66.5 Å². The number of amides is 1. The SMILES string of the molecule is C#CC(CC)(CC)NC(=O)c1ccc(S(=O)(=O)N2CCC(C)CC2)cc1. The van der Waals surface area contributed by atoms with Crippen molar-refractivity contribution in [2.75, 3.05) is 13.1 Å². The van der Waals surface area contributed by atoms with E-state index in [1.165, 1.54) is 16.4 Å². The first-order valence-corrected chi connectivity index (χ1v) is 10.6. The monoisotopic (exact) mass is 376 g/mol. The predicted molar refractivity (Wildman–Crippen MR) is 103 cm³/mol. The third kappa shape index (κ3) is 4.28. The third-order valence-electron chi connectivity index (χ3n) is 5.33. The number of benzene rings is 1. The molecule has 0 aliphatic carbocycles. The zero-order valence-corrected chi connectivity index (χ0v) is 16.6. The molecule has 1 aliphatic heterocycles. The van der Waals surface area contributed by atoms with Gasteiger partial charge in [-0.05, 0) is 55.9 Å². The van der Waals surface area contributed by atoms with E-state index in [9.17, 15) is 13.2 Å². The van der Waals surface area contributed by atoms with Gasteiger partial charge in [-0.25, -0.2) is 8.42 Å². The minimum absolute atomic E-state index is 0.220. The quantitative estimate of drug-likeness (QED) is 0.776. The number of nitrogens with one attached hydrogen (secondary N) is 1. The lowest BCUT2D eigenvalue weighted by Crippen LogP contribution is -2.46. The Morgan fingerprint density at radius 1 is 1.23 bits per heavy atom. The first kappa shape index (κ1) is 20.5. The van der Waals surface area contributed by atoms with Crippen LogP contribution in [0.4, 0.5) is 0 Å². The fraction of sp³-hybridized carbons (Fsp3) is 0.550. The average molecular weight is 377 g/mol. The number of hydrogen-bond acceptors (Lipinski definition) is 3. The molecule has 5 nitrogen and oxygen atoms in total. The summed E-state index contributed by atoms with van der Waals surface area (Å²) in [5, 5.41) is 2.89. The Morgan fingerprint density at radius 3 is 2.23 bits per heavy atom. The third-order valence-corrected chi connectivity index (χ3v) is 7.25. The highest BCUT2D eigenvalue weighted by atomic mass is 32.2. The van der Waals surface area contributed by atoms with Crippen molar-refractivity contribution in [3.8, 4) is 12.3 Å². The van der Waals surface area contributed by atoms with Crippen LogP contribution in [0, 0.1) is 18.3 Å². The van der Waals surface area contributed by atoms with Gasteiger partial charge in [0.2, 0.25) is 10.0 Å². The van der Waals surface area contributed by atoms with E-state index in [1.54, 1.807) is 12.1 Å². The van der Waals surface area contributed by atoms with Crippen LogP contribution in [0.1, 0.15) is 56.8 Å². The molecule has 1 N–H and O–H groups in total. The highest BCUT2D eigenvalue weighted by Gasteiger charge is 2.29. The summed E-state index contributed by atoms with van der Waals surface area (Å²) in [5.41, 5.74) is -0.274. The highest BCUT2D eigenvalue weighted by molar-refractivity contribution is 7.89. The smallest absolute Gasteiger partial charge is 0.252 e. The summed E-state index contributed by atoms with van der Waals surface area (Å²) in [6.07, 6.45) is 8.59. The molecule has 1 heterocycles. The molecule has 6 heteroatoms. The van der Waals surface area contributed by atoms with Crippen LogP contribution >= 0.6 is 0 Å². The minimum atomic E-state index is -3.51. The van der Waals surface area contributed by atoms with Crippen LogP contribution in [0.5, 0.6) is 0 Å². The fourth-order valence-corrected chi connectivity index (χ4v) is 4.58. The first-order chi connectivity index (χ1) is 12.3. The first-order valence-electron chi connectivity index (χ1n) is 9.18. The van der Waals surface area contributed by atoms with E-state index in [2.05, 4.69) is 18.2 Å². The molecule has 1 aromatic carbocycles. The number of terminal acetylenes is 1. The molecule has 0 aromatic heterocycles. The van der Waals surface area contributed by atoms with Crippen LogP contribution < -0.4 is 5.32 Å². The van der Waals surface area contributed by atoms with E-state index in [0.29, 0.717) is 37.4 Å². The van der Waals surface area contributed by atoms with Gasteiger partial charge in [-0.3, -0.25) is 4.79 Å². The van der Waals surface area contributed by atoms with Gasteiger partial charge in [0.1, 0.15) is 5.54 Å². The van der Waals surface area contributed by atoms with Crippen LogP contribution in [0.25, 0.3) is 0 Å². The number of carbonyl (C=O) groups is 1. The highest BCUT2D eigenvalue weighted by Crippen LogP contribution is 2.24. The molecular weight excluding hydrogens is 348 g/mol. The lowest BCUT2D eigenvalue weighted by atomic mass is 9.93. The Labute approximate surface area is 157 Å². The second-order valence-corrected chi connectivity index (χ2v) is 8.94. The van der Waals surface area contributed by atoms with Crippen molar-refractivity contribution in [2.45, 2.75) is 56.9 Å². The molecule has 1 amide bonds. The lowest BCUT2D eigenvalue weighted by molar-refractivity contribution is 0.0916. The predicted octanol–water partition coefficient (Wildman–Crippen LogP) is 3.03. The Kier molecular flexibility index (Phi) is 6.48. The number of piperidine rings is 1. The van der Waals surface area contributed by atoms with Crippen LogP contribution in [0.3, 0.4) is 0 Å². The summed E-state index contributed by atoms with van der Waals surface area (Å²) in [6, 6.07) is 6.08. The van der Waals surface area contributed by atoms with E-state index < -0.39 is 15.6 Å². The summed E-state index contributed by atoms with van der Waals surface area (Å²) >= 11 is 0. The molecule has 0 saturated carbocycles. The maximum atomic E-state index is 12.7. The summed E-state index contributed by atoms with van der Waals surface area (Å²) in [4.78, 5) is 12.7. The Balaban J connectivity index is 2.15. The summed E-state index contributed by atoms with van der Waals surface area (Å²) in [5.74, 6) is 2.93. The molecule has 1 aliphatic rings. The molecule has 0 radical (unpaired) electrons. The number of hydrogen-bond donors (Lipinski definition) is 1. The van der Waals surface area contributed by atoms with Crippen LogP contribution in [0.15, 0.2) is 29.2 Å². The zero-order chi connectivity index (χ0) is 19.4. The zero-order valence-electron chi connectivity index (χ0n) is 15.8. The normalized spacial score (nSPS) is 16.8. The number of sulfonamides is 1. The largest absolute Gasteiger partial charge is 0.336 e. The average Bonchev–Trinajstić information content (AvgIpc) is 2.66. The molecular formula is C20H28N2O3S. The van der Waals surface area contributed by atoms with Crippen molar-refractivity contribution in [3.05, 3.63) is 29.8 Å². The molecule has 2 rings (SSSR count). The molecule has 26 heavy (non-hydrogen) atoms. The van der Waals surface area contributed by atoms with E-state index >= 15 is 0 Å². The number of carbonyl (C=O) groups excluding carboxylic acids is 1. The van der Waals surface area contributed by atoms with Gasteiger partial charge < -0.3 is 5.32 Å². The van der Waals surface area contributed by atoms with Gasteiger partial charge in [-0.2, -0.15) is 4.31 Å². The maximum absolute atomic E-state index is 12.7. The van der Waals surface area contributed by atoms with Crippen molar-refractivity contribution >= 4 is 15.9 Å². The molecule has 0 atom stereocenters. The van der Waals surface area contributed by atoms with E-state index in [0.717, 1.165) is 12.8 Å². The standard InChI is InChI=1S/C20H28N2O3S/c1-5-20(6-2,7-3)21-19(23)17-8-10-18(11-9-17)26(24,25)22-14-12-16(4)13-15-22/h1,8-11,16H,6-7,12-15H2,2-4H3,(H,21,23). The summed E-state index contributed by atoms with van der Waals surface area (Å²) in [7, 11) is -3.51. The van der Waals surface area contributed by atoms with Crippen molar-refractivity contribution < 1.29 is 13.2 Å². The molecule has 142 valence electrons. The molecule has 1 fully saturated rings. The Bertz CT molecular complexity index is 766. The maximum Gasteiger partial charge on any atom is 0.252 e. The molecule has 1 saturated heterocycles. The van der Waals surface area contributed by atoms with Gasteiger partial charge in [0.25, 0.3) is 5.91 Å². The Hall–Kier alpha value is -1.84.